The molecule has 0 radical (unpaired) electrons. The second-order valence-corrected chi connectivity index (χ2v) is 7.53. The number of fused-ring (bicyclic) bond motifs is 1. The minimum Gasteiger partial charge on any atom is -0.454 e. The number of rotatable bonds is 5. The summed E-state index contributed by atoms with van der Waals surface area (Å²) in [5.74, 6) is 2.62. The van der Waals surface area contributed by atoms with Gasteiger partial charge in [0.2, 0.25) is 12.7 Å². The average Bonchev–Trinajstić information content (AvgIpc) is 3.48. The van der Waals surface area contributed by atoms with Crippen LogP contribution in [0.3, 0.4) is 0 Å². The van der Waals surface area contributed by atoms with Gasteiger partial charge >= 0.3 is 0 Å². The van der Waals surface area contributed by atoms with E-state index in [-0.39, 0.29) is 12.7 Å². The lowest BCUT2D eigenvalue weighted by molar-refractivity contribution is 0.174. The number of anilines is 2. The number of nitrogens with one attached hydrogen (secondary N) is 1. The predicted molar refractivity (Wildman–Crippen MR) is 118 cm³/mol. The fourth-order valence-electron chi connectivity index (χ4n) is 3.11. The van der Waals surface area contributed by atoms with E-state index in [4.69, 9.17) is 37.4 Å². The van der Waals surface area contributed by atoms with Crippen LogP contribution in [0.4, 0.5) is 11.5 Å². The number of nitrogens with zero attached hydrogens (tertiary/aromatic N) is 3. The number of halogens is 2. The first kappa shape index (κ1) is 19.5. The van der Waals surface area contributed by atoms with Gasteiger partial charge in [0.25, 0.3) is 0 Å². The number of pyridine rings is 1. The Hall–Kier alpha value is -3.42. The maximum Gasteiger partial charge on any atom is 0.240 e. The summed E-state index contributed by atoms with van der Waals surface area (Å²) in [4.78, 5) is 8.56. The number of hydrogen-bond donors (Lipinski definition) is 1. The molecular formula is C22H16Cl2N4O3. The van der Waals surface area contributed by atoms with Gasteiger partial charge in [-0.3, -0.25) is 0 Å². The standard InChI is InChI=1S/C22H16Cl2N4O3/c1-13-19(23)21(26-14-2-7-17-18(10-14)30-12-29-17)27-22(20(13)24)31-16-5-3-15(4-6-16)28-9-8-25-11-28/h2-11H,12H2,1H3,(H,26,27). The maximum atomic E-state index is 6.49. The predicted octanol–water partition coefficient (Wildman–Crippen LogP) is 6.15. The smallest absolute Gasteiger partial charge is 0.240 e. The lowest BCUT2D eigenvalue weighted by Crippen LogP contribution is -2.00. The molecule has 2 aromatic heterocycles. The van der Waals surface area contributed by atoms with E-state index in [0.29, 0.717) is 38.7 Å². The lowest BCUT2D eigenvalue weighted by Gasteiger charge is -2.15. The quantitative estimate of drug-likeness (QED) is 0.390. The number of aromatic nitrogens is 3. The lowest BCUT2D eigenvalue weighted by atomic mass is 10.2. The zero-order chi connectivity index (χ0) is 21.4. The van der Waals surface area contributed by atoms with Crippen molar-refractivity contribution in [1.82, 2.24) is 14.5 Å². The summed E-state index contributed by atoms with van der Waals surface area (Å²) in [5.41, 5.74) is 2.36. The van der Waals surface area contributed by atoms with Crippen molar-refractivity contribution >= 4 is 34.7 Å². The van der Waals surface area contributed by atoms with Gasteiger partial charge in [0.15, 0.2) is 17.3 Å². The maximum absolute atomic E-state index is 6.49. The van der Waals surface area contributed by atoms with E-state index in [2.05, 4.69) is 15.3 Å². The van der Waals surface area contributed by atoms with E-state index in [1.54, 1.807) is 12.5 Å². The molecule has 3 heterocycles. The minimum atomic E-state index is 0.204. The Bertz CT molecular complexity index is 1240. The summed E-state index contributed by atoms with van der Waals surface area (Å²) in [7, 11) is 0. The number of hydrogen-bond acceptors (Lipinski definition) is 6. The second-order valence-electron chi connectivity index (χ2n) is 6.78. The minimum absolute atomic E-state index is 0.204. The first-order valence-electron chi connectivity index (χ1n) is 9.37. The van der Waals surface area contributed by atoms with Gasteiger partial charge < -0.3 is 24.1 Å². The summed E-state index contributed by atoms with van der Waals surface area (Å²) in [6.45, 7) is 2.02. The van der Waals surface area contributed by atoms with Crippen molar-refractivity contribution in [3.63, 3.8) is 0 Å². The Morgan fingerprint density at radius 1 is 1.03 bits per heavy atom. The van der Waals surface area contributed by atoms with E-state index < -0.39 is 0 Å². The third kappa shape index (κ3) is 3.85. The molecule has 1 aliphatic rings. The Labute approximate surface area is 188 Å². The van der Waals surface area contributed by atoms with Crippen LogP contribution in [0.2, 0.25) is 10.0 Å². The molecule has 0 aliphatic carbocycles. The van der Waals surface area contributed by atoms with Crippen LogP contribution in [0.1, 0.15) is 5.56 Å². The van der Waals surface area contributed by atoms with Crippen LogP contribution in [0.5, 0.6) is 23.1 Å². The summed E-state index contributed by atoms with van der Waals surface area (Å²) in [5, 5.41) is 3.95. The molecule has 156 valence electrons. The summed E-state index contributed by atoms with van der Waals surface area (Å²) < 4.78 is 18.6. The van der Waals surface area contributed by atoms with Crippen LogP contribution in [0, 0.1) is 6.92 Å². The van der Waals surface area contributed by atoms with E-state index in [0.717, 1.165) is 11.4 Å². The molecule has 5 rings (SSSR count). The third-order valence-electron chi connectivity index (χ3n) is 4.76. The highest BCUT2D eigenvalue weighted by Crippen LogP contribution is 2.40. The van der Waals surface area contributed by atoms with Crippen LogP contribution in [0.25, 0.3) is 5.69 Å². The molecule has 1 N–H and O–H groups in total. The van der Waals surface area contributed by atoms with Gasteiger partial charge in [0.05, 0.1) is 11.3 Å². The van der Waals surface area contributed by atoms with Crippen molar-refractivity contribution < 1.29 is 14.2 Å². The van der Waals surface area contributed by atoms with Gasteiger partial charge in [0, 0.05) is 29.8 Å². The summed E-state index contributed by atoms with van der Waals surface area (Å²) in [6, 6.07) is 13.0. The van der Waals surface area contributed by atoms with Crippen LogP contribution in [-0.4, -0.2) is 21.3 Å². The molecule has 9 heteroatoms. The molecule has 7 nitrogen and oxygen atoms in total. The van der Waals surface area contributed by atoms with Crippen LogP contribution < -0.4 is 19.5 Å². The van der Waals surface area contributed by atoms with E-state index in [9.17, 15) is 0 Å². The Morgan fingerprint density at radius 3 is 2.61 bits per heavy atom. The highest BCUT2D eigenvalue weighted by molar-refractivity contribution is 6.38. The van der Waals surface area contributed by atoms with Crippen LogP contribution in [-0.2, 0) is 0 Å². The normalized spacial score (nSPS) is 12.1. The molecule has 0 atom stereocenters. The number of ether oxygens (including phenoxy) is 3. The molecule has 0 saturated carbocycles. The van der Waals surface area contributed by atoms with Crippen LogP contribution in [0.15, 0.2) is 61.2 Å². The van der Waals surface area contributed by atoms with Gasteiger partial charge in [-0.15, -0.1) is 0 Å². The Balaban J connectivity index is 1.42. The third-order valence-corrected chi connectivity index (χ3v) is 5.66. The highest BCUT2D eigenvalue weighted by atomic mass is 35.5. The van der Waals surface area contributed by atoms with Crippen molar-refractivity contribution in [2.24, 2.45) is 0 Å². The SMILES string of the molecule is Cc1c(Cl)c(Nc2ccc3c(c2)OCO3)nc(Oc2ccc(-n3ccnc3)cc2)c1Cl. The number of benzene rings is 2. The molecule has 4 aromatic rings. The molecule has 0 amide bonds. The van der Waals surface area contributed by atoms with Crippen molar-refractivity contribution in [3.05, 3.63) is 76.8 Å². The molecule has 0 fully saturated rings. The molecule has 0 unspecified atom stereocenters. The monoisotopic (exact) mass is 454 g/mol. The van der Waals surface area contributed by atoms with Gasteiger partial charge in [-0.05, 0) is 48.9 Å². The van der Waals surface area contributed by atoms with Gasteiger partial charge in [-0.25, -0.2) is 4.98 Å². The highest BCUT2D eigenvalue weighted by Gasteiger charge is 2.18. The largest absolute Gasteiger partial charge is 0.454 e. The van der Waals surface area contributed by atoms with Crippen molar-refractivity contribution in [2.75, 3.05) is 12.1 Å². The zero-order valence-electron chi connectivity index (χ0n) is 16.3. The molecule has 1 aliphatic heterocycles. The molecule has 31 heavy (non-hydrogen) atoms. The van der Waals surface area contributed by atoms with Crippen molar-refractivity contribution in [2.45, 2.75) is 6.92 Å². The first-order valence-corrected chi connectivity index (χ1v) is 10.1. The molecule has 2 aromatic carbocycles. The average molecular weight is 455 g/mol. The van der Waals surface area contributed by atoms with E-state index >= 15 is 0 Å². The second kappa shape index (κ2) is 8.02. The fourth-order valence-corrected chi connectivity index (χ4v) is 3.51. The van der Waals surface area contributed by atoms with E-state index in [1.807, 2.05) is 60.2 Å². The Morgan fingerprint density at radius 2 is 1.84 bits per heavy atom. The first-order chi connectivity index (χ1) is 15.1. The fraction of sp³-hybridized carbons (Fsp3) is 0.0909. The molecule has 0 saturated heterocycles. The molecular weight excluding hydrogens is 439 g/mol. The van der Waals surface area contributed by atoms with Gasteiger partial charge in [-0.1, -0.05) is 23.2 Å². The van der Waals surface area contributed by atoms with E-state index in [1.165, 1.54) is 0 Å². The van der Waals surface area contributed by atoms with Crippen molar-refractivity contribution in [3.8, 4) is 28.8 Å². The summed E-state index contributed by atoms with van der Waals surface area (Å²) >= 11 is 13.0. The van der Waals surface area contributed by atoms with Gasteiger partial charge in [-0.2, -0.15) is 4.98 Å². The number of imidazole rings is 1. The van der Waals surface area contributed by atoms with Crippen LogP contribution >= 0.6 is 23.2 Å². The topological polar surface area (TPSA) is 70.4 Å². The van der Waals surface area contributed by atoms with Crippen molar-refractivity contribution in [1.29, 1.82) is 0 Å². The molecule has 0 bridgehead atoms. The zero-order valence-corrected chi connectivity index (χ0v) is 17.8. The Kier molecular flexibility index (Phi) is 5.05. The van der Waals surface area contributed by atoms with Gasteiger partial charge in [0.1, 0.15) is 10.8 Å². The molecule has 0 spiro atoms. The summed E-state index contributed by atoms with van der Waals surface area (Å²) in [6.07, 6.45) is 5.31.